The van der Waals surface area contributed by atoms with E-state index in [-0.39, 0.29) is 41.0 Å². The van der Waals surface area contributed by atoms with Crippen molar-refractivity contribution in [1.82, 2.24) is 0 Å². The molecule has 0 fully saturated rings. The molecule has 1 radical (unpaired) electrons. The summed E-state index contributed by atoms with van der Waals surface area (Å²) in [5.74, 6) is 0. The summed E-state index contributed by atoms with van der Waals surface area (Å²) in [6, 6.07) is 0. The Morgan fingerprint density at radius 1 is 1.67 bits per heavy atom. The minimum absolute atomic E-state index is 0. The molecule has 0 amide bonds. The largest absolute Gasteiger partial charge is 0.392 e. The maximum absolute atomic E-state index is 10.7. The zero-order chi connectivity index (χ0) is 9.28. The van der Waals surface area contributed by atoms with Gasteiger partial charge in [-0.3, -0.25) is 4.55 Å². The van der Waals surface area contributed by atoms with Gasteiger partial charge in [0.1, 0.15) is 4.75 Å². The number of thiocarbonyl (C=S) groups is 1. The van der Waals surface area contributed by atoms with E-state index in [4.69, 9.17) is 10.3 Å². The summed E-state index contributed by atoms with van der Waals surface area (Å²) in [5, 5.41) is 0. The van der Waals surface area contributed by atoms with Crippen LogP contribution in [0.2, 0.25) is 0 Å². The first-order valence-corrected chi connectivity index (χ1v) is 4.87. The predicted molar refractivity (Wildman–Crippen MR) is 52.8 cm³/mol. The maximum atomic E-state index is 10.7. The molecule has 3 N–H and O–H groups in total. The minimum atomic E-state index is -4.18. The number of rotatable bonds is 3. The van der Waals surface area contributed by atoms with E-state index in [1.54, 1.807) is 6.92 Å². The second-order valence-corrected chi connectivity index (χ2v) is 4.71. The number of nitrogens with two attached hydrogens (primary N) is 1. The van der Waals surface area contributed by atoms with Crippen molar-refractivity contribution in [2.45, 2.75) is 25.0 Å². The van der Waals surface area contributed by atoms with Crippen LogP contribution in [0.1, 0.15) is 20.3 Å². The van der Waals surface area contributed by atoms with Crippen molar-refractivity contribution in [3.05, 3.63) is 0 Å². The molecular formula is C5H11NNaO3S2. The van der Waals surface area contributed by atoms with Gasteiger partial charge < -0.3 is 5.73 Å². The van der Waals surface area contributed by atoms with E-state index < -0.39 is 14.9 Å². The van der Waals surface area contributed by atoms with Gasteiger partial charge in [0, 0.05) is 29.6 Å². The molecular weight excluding hydrogens is 209 g/mol. The molecule has 0 saturated heterocycles. The summed E-state index contributed by atoms with van der Waals surface area (Å²) in [6.45, 7) is 2.89. The average molecular weight is 220 g/mol. The van der Waals surface area contributed by atoms with Crippen LogP contribution in [0.3, 0.4) is 0 Å². The third-order valence-electron chi connectivity index (χ3n) is 1.77. The van der Waals surface area contributed by atoms with Crippen LogP contribution in [-0.4, -0.2) is 52.3 Å². The minimum Gasteiger partial charge on any atom is -0.392 e. The monoisotopic (exact) mass is 220 g/mol. The second kappa shape index (κ2) is 4.88. The third-order valence-corrected chi connectivity index (χ3v) is 3.99. The zero-order valence-electron chi connectivity index (χ0n) is 7.36. The molecule has 0 rings (SSSR count). The van der Waals surface area contributed by atoms with Crippen LogP contribution in [-0.2, 0) is 10.1 Å². The van der Waals surface area contributed by atoms with E-state index in [1.807, 2.05) is 0 Å². The first-order chi connectivity index (χ1) is 4.75. The van der Waals surface area contributed by atoms with Crippen LogP contribution >= 0.6 is 12.2 Å². The van der Waals surface area contributed by atoms with Gasteiger partial charge in [-0.25, -0.2) is 0 Å². The molecule has 1 atom stereocenters. The molecule has 67 valence electrons. The Morgan fingerprint density at radius 3 is 2.00 bits per heavy atom. The third kappa shape index (κ3) is 2.93. The SMILES string of the molecule is CCC(C)(C(N)=S)S(=O)(=O)O.[Na]. The summed E-state index contributed by atoms with van der Waals surface area (Å²) in [6.07, 6.45) is 0.168. The zero-order valence-corrected chi connectivity index (χ0v) is 11.0. The van der Waals surface area contributed by atoms with E-state index in [2.05, 4.69) is 12.2 Å². The molecule has 0 heterocycles. The molecule has 4 nitrogen and oxygen atoms in total. The standard InChI is InChI=1S/C5H11NO3S2.Na/c1-3-5(2,4(6)10)11(7,8)9;/h3H2,1-2H3,(H2,6,10)(H,7,8,9);. The first kappa shape index (κ1) is 15.3. The van der Waals surface area contributed by atoms with Crippen LogP contribution in [0, 0.1) is 0 Å². The Hall–Kier alpha value is 0.800. The molecule has 0 spiro atoms. The fourth-order valence-corrected chi connectivity index (χ4v) is 1.56. The molecule has 12 heavy (non-hydrogen) atoms. The van der Waals surface area contributed by atoms with Crippen molar-refractivity contribution >= 4 is 56.9 Å². The quantitative estimate of drug-likeness (QED) is 0.396. The summed E-state index contributed by atoms with van der Waals surface area (Å²) >= 11 is 4.52. The van der Waals surface area contributed by atoms with E-state index in [1.165, 1.54) is 6.92 Å². The topological polar surface area (TPSA) is 80.4 Å². The van der Waals surface area contributed by atoms with Crippen LogP contribution in [0.25, 0.3) is 0 Å². The normalized spacial score (nSPS) is 15.9. The van der Waals surface area contributed by atoms with Crippen molar-refractivity contribution in [3.8, 4) is 0 Å². The molecule has 0 aliphatic rings. The Kier molecular flexibility index (Phi) is 6.21. The van der Waals surface area contributed by atoms with Gasteiger partial charge >= 0.3 is 0 Å². The van der Waals surface area contributed by atoms with E-state index in [9.17, 15) is 8.42 Å². The predicted octanol–water partition coefficient (Wildman–Crippen LogP) is -0.0518. The fraction of sp³-hybridized carbons (Fsp3) is 0.800. The molecule has 1 unspecified atom stereocenters. The van der Waals surface area contributed by atoms with Crippen LogP contribution in [0.15, 0.2) is 0 Å². The van der Waals surface area contributed by atoms with Crippen molar-refractivity contribution in [1.29, 1.82) is 0 Å². The summed E-state index contributed by atoms with van der Waals surface area (Å²) in [4.78, 5) is -0.206. The maximum Gasteiger partial charge on any atom is 0.276 e. The Labute approximate surface area is 99.9 Å². The number of hydrogen-bond donors (Lipinski definition) is 2. The molecule has 0 saturated carbocycles. The van der Waals surface area contributed by atoms with Gasteiger partial charge in [0.2, 0.25) is 0 Å². The van der Waals surface area contributed by atoms with Gasteiger partial charge in [0.25, 0.3) is 10.1 Å². The Balaban J connectivity index is 0. The molecule has 0 bridgehead atoms. The van der Waals surface area contributed by atoms with Gasteiger partial charge in [-0.05, 0) is 13.3 Å². The molecule has 7 heteroatoms. The molecule has 0 aromatic carbocycles. The van der Waals surface area contributed by atoms with E-state index in [0.717, 1.165) is 0 Å². The summed E-state index contributed by atoms with van der Waals surface area (Å²) in [5.41, 5.74) is 5.16. The van der Waals surface area contributed by atoms with Gasteiger partial charge in [0.15, 0.2) is 0 Å². The van der Waals surface area contributed by atoms with Crippen LogP contribution < -0.4 is 5.73 Å². The van der Waals surface area contributed by atoms with Gasteiger partial charge in [-0.1, -0.05) is 19.1 Å². The van der Waals surface area contributed by atoms with E-state index >= 15 is 0 Å². The van der Waals surface area contributed by atoms with Crippen LogP contribution in [0.4, 0.5) is 0 Å². The summed E-state index contributed by atoms with van der Waals surface area (Å²) < 4.78 is 28.7. The van der Waals surface area contributed by atoms with Gasteiger partial charge in [0.05, 0.1) is 4.99 Å². The van der Waals surface area contributed by atoms with Crippen LogP contribution in [0.5, 0.6) is 0 Å². The van der Waals surface area contributed by atoms with Crippen molar-refractivity contribution in [2.75, 3.05) is 0 Å². The number of hydrogen-bond acceptors (Lipinski definition) is 3. The van der Waals surface area contributed by atoms with Gasteiger partial charge in [-0.2, -0.15) is 8.42 Å². The van der Waals surface area contributed by atoms with Crippen molar-refractivity contribution in [2.24, 2.45) is 5.73 Å². The molecule has 0 aliphatic heterocycles. The Morgan fingerprint density at radius 2 is 2.00 bits per heavy atom. The second-order valence-electron chi connectivity index (χ2n) is 2.42. The fourth-order valence-electron chi connectivity index (χ4n) is 0.484. The molecule has 0 aromatic rings. The molecule has 0 aliphatic carbocycles. The van der Waals surface area contributed by atoms with E-state index in [0.29, 0.717) is 0 Å². The smallest absolute Gasteiger partial charge is 0.276 e. The Bertz CT molecular complexity index is 264. The average Bonchev–Trinajstić information content (AvgIpc) is 1.83. The summed E-state index contributed by atoms with van der Waals surface area (Å²) in [7, 11) is -4.18. The van der Waals surface area contributed by atoms with Gasteiger partial charge in [-0.15, -0.1) is 0 Å². The molecule has 0 aromatic heterocycles. The van der Waals surface area contributed by atoms with Crippen molar-refractivity contribution in [3.63, 3.8) is 0 Å². The first-order valence-electron chi connectivity index (χ1n) is 3.02. The van der Waals surface area contributed by atoms with Crippen molar-refractivity contribution < 1.29 is 13.0 Å².